The molecule has 1 amide bonds. The van der Waals surface area contributed by atoms with E-state index in [0.29, 0.717) is 11.5 Å². The zero-order chi connectivity index (χ0) is 24.5. The number of hydrogen-bond donors (Lipinski definition) is 3. The van der Waals surface area contributed by atoms with E-state index < -0.39 is 0 Å². The number of fused-ring (bicyclic) bond motifs is 3. The molecule has 3 unspecified atom stereocenters. The third kappa shape index (κ3) is 4.36. The zero-order valence-corrected chi connectivity index (χ0v) is 20.4. The highest BCUT2D eigenvalue weighted by molar-refractivity contribution is 6.30. The first kappa shape index (κ1) is 22.4. The number of anilines is 4. The minimum Gasteiger partial charge on any atom is -0.377 e. The maximum Gasteiger partial charge on any atom is 0.257 e. The molecule has 1 aliphatic carbocycles. The van der Waals surface area contributed by atoms with Crippen molar-refractivity contribution in [3.05, 3.63) is 131 Å². The molecule has 0 saturated carbocycles. The number of benzene rings is 4. The average Bonchev–Trinajstić information content (AvgIpc) is 3.40. The monoisotopic (exact) mass is 491 g/mol. The van der Waals surface area contributed by atoms with Crippen molar-refractivity contribution in [3.63, 3.8) is 0 Å². The second-order valence-electron chi connectivity index (χ2n) is 9.32. The topological polar surface area (TPSA) is 53.2 Å². The summed E-state index contributed by atoms with van der Waals surface area (Å²) in [6.07, 6.45) is 5.53. The first-order valence-corrected chi connectivity index (χ1v) is 12.6. The van der Waals surface area contributed by atoms with Gasteiger partial charge in [0.25, 0.3) is 5.91 Å². The van der Waals surface area contributed by atoms with Gasteiger partial charge in [0, 0.05) is 28.0 Å². The van der Waals surface area contributed by atoms with Crippen LogP contribution in [0.25, 0.3) is 0 Å². The average molecular weight is 492 g/mol. The van der Waals surface area contributed by atoms with E-state index in [-0.39, 0.29) is 17.9 Å². The number of halogens is 1. The molecule has 4 nitrogen and oxygen atoms in total. The van der Waals surface area contributed by atoms with Crippen molar-refractivity contribution in [2.45, 2.75) is 18.4 Å². The van der Waals surface area contributed by atoms with Crippen LogP contribution in [0, 0.1) is 5.92 Å². The molecular formula is C31H26ClN3O. The summed E-state index contributed by atoms with van der Waals surface area (Å²) in [6, 6.07) is 31.8. The third-order valence-electron chi connectivity index (χ3n) is 7.05. The van der Waals surface area contributed by atoms with Crippen LogP contribution in [0.5, 0.6) is 0 Å². The second kappa shape index (κ2) is 9.56. The van der Waals surface area contributed by atoms with Gasteiger partial charge in [0.1, 0.15) is 0 Å². The Hall–Kier alpha value is -4.02. The lowest BCUT2D eigenvalue weighted by atomic mass is 9.76. The number of allylic oxidation sites excluding steroid dienone is 2. The summed E-state index contributed by atoms with van der Waals surface area (Å²) in [5.74, 6) is 0.522. The Balaban J connectivity index is 1.26. The van der Waals surface area contributed by atoms with Gasteiger partial charge in [-0.2, -0.15) is 0 Å². The molecule has 0 aromatic heterocycles. The minimum atomic E-state index is -0.131. The Morgan fingerprint density at radius 2 is 1.58 bits per heavy atom. The number of amides is 1. The molecule has 2 aliphatic rings. The number of rotatable bonds is 5. The lowest BCUT2D eigenvalue weighted by Crippen LogP contribution is -2.30. The van der Waals surface area contributed by atoms with Gasteiger partial charge in [0.15, 0.2) is 0 Å². The third-order valence-corrected chi connectivity index (χ3v) is 7.29. The van der Waals surface area contributed by atoms with Crippen molar-refractivity contribution in [3.8, 4) is 0 Å². The van der Waals surface area contributed by atoms with Gasteiger partial charge in [0.2, 0.25) is 0 Å². The van der Waals surface area contributed by atoms with E-state index in [9.17, 15) is 4.79 Å². The summed E-state index contributed by atoms with van der Waals surface area (Å²) in [5.41, 5.74) is 6.58. The lowest BCUT2D eigenvalue weighted by Gasteiger charge is -2.38. The molecule has 3 atom stereocenters. The summed E-state index contributed by atoms with van der Waals surface area (Å²) >= 11 is 6.32. The Labute approximate surface area is 216 Å². The van der Waals surface area contributed by atoms with Crippen LogP contribution in [0.2, 0.25) is 5.02 Å². The van der Waals surface area contributed by atoms with E-state index in [0.717, 1.165) is 39.8 Å². The quantitative estimate of drug-likeness (QED) is 0.247. The Kier molecular flexibility index (Phi) is 5.96. The highest BCUT2D eigenvalue weighted by atomic mass is 35.5. The molecule has 0 bridgehead atoms. The summed E-state index contributed by atoms with van der Waals surface area (Å²) < 4.78 is 0. The molecule has 6 rings (SSSR count). The molecular weight excluding hydrogens is 466 g/mol. The fraction of sp³-hybridized carbons (Fsp3) is 0.129. The Morgan fingerprint density at radius 1 is 0.833 bits per heavy atom. The molecule has 0 fully saturated rings. The first-order chi connectivity index (χ1) is 17.7. The van der Waals surface area contributed by atoms with Gasteiger partial charge in [-0.15, -0.1) is 0 Å². The fourth-order valence-corrected chi connectivity index (χ4v) is 5.56. The molecule has 4 aromatic rings. The number of nitrogens with one attached hydrogen (secondary N) is 3. The number of hydrogen-bond acceptors (Lipinski definition) is 3. The van der Waals surface area contributed by atoms with E-state index in [4.69, 9.17) is 11.6 Å². The van der Waals surface area contributed by atoms with Crippen LogP contribution in [0.4, 0.5) is 22.7 Å². The summed E-state index contributed by atoms with van der Waals surface area (Å²) in [4.78, 5) is 13.4. The predicted molar refractivity (Wildman–Crippen MR) is 148 cm³/mol. The molecule has 36 heavy (non-hydrogen) atoms. The fourth-order valence-electron chi connectivity index (χ4n) is 5.36. The molecule has 178 valence electrons. The number of carbonyl (C=O) groups excluding carboxylic acids is 1. The van der Waals surface area contributed by atoms with E-state index in [1.165, 1.54) is 5.56 Å². The van der Waals surface area contributed by atoms with Crippen LogP contribution < -0.4 is 16.0 Å². The van der Waals surface area contributed by atoms with Crippen molar-refractivity contribution < 1.29 is 4.79 Å². The maximum atomic E-state index is 13.4. The van der Waals surface area contributed by atoms with Crippen LogP contribution in [0.15, 0.2) is 109 Å². The molecule has 0 spiro atoms. The molecule has 1 heterocycles. The summed E-state index contributed by atoms with van der Waals surface area (Å²) in [5, 5.41) is 10.9. The van der Waals surface area contributed by atoms with E-state index in [1.807, 2.05) is 84.9 Å². The number of para-hydroxylation sites is 2. The summed E-state index contributed by atoms with van der Waals surface area (Å²) in [7, 11) is 0. The van der Waals surface area contributed by atoms with Gasteiger partial charge < -0.3 is 16.0 Å². The van der Waals surface area contributed by atoms with Crippen molar-refractivity contribution in [2.24, 2.45) is 5.92 Å². The van der Waals surface area contributed by atoms with Crippen molar-refractivity contribution in [2.75, 3.05) is 16.0 Å². The minimum absolute atomic E-state index is 0.0773. The van der Waals surface area contributed by atoms with Gasteiger partial charge >= 0.3 is 0 Å². The van der Waals surface area contributed by atoms with Crippen molar-refractivity contribution >= 4 is 40.3 Å². The highest BCUT2D eigenvalue weighted by Gasteiger charge is 2.39. The molecule has 5 heteroatoms. The summed E-state index contributed by atoms with van der Waals surface area (Å²) in [6.45, 7) is 0. The van der Waals surface area contributed by atoms with Crippen molar-refractivity contribution in [1.82, 2.24) is 0 Å². The van der Waals surface area contributed by atoms with Gasteiger partial charge in [-0.1, -0.05) is 66.2 Å². The van der Waals surface area contributed by atoms with Crippen LogP contribution in [0.1, 0.15) is 39.9 Å². The van der Waals surface area contributed by atoms with Gasteiger partial charge in [-0.25, -0.2) is 0 Å². The van der Waals surface area contributed by atoms with Crippen LogP contribution >= 0.6 is 11.6 Å². The predicted octanol–water partition coefficient (Wildman–Crippen LogP) is 8.16. The smallest absolute Gasteiger partial charge is 0.257 e. The number of carbonyl (C=O) groups is 1. The molecule has 3 N–H and O–H groups in total. The SMILES string of the molecule is O=C(Nc1ccc(Nc2ccccc2)cc1)c1cccc2c1NC(c1cccc(Cl)c1)C1CC=CC21. The van der Waals surface area contributed by atoms with Crippen LogP contribution in [-0.4, -0.2) is 5.91 Å². The molecule has 4 aromatic carbocycles. The van der Waals surface area contributed by atoms with E-state index >= 15 is 0 Å². The van der Waals surface area contributed by atoms with Gasteiger partial charge in [-0.3, -0.25) is 4.79 Å². The second-order valence-corrected chi connectivity index (χ2v) is 9.76. The largest absolute Gasteiger partial charge is 0.377 e. The van der Waals surface area contributed by atoms with E-state index in [2.05, 4.69) is 40.2 Å². The first-order valence-electron chi connectivity index (χ1n) is 12.2. The Bertz CT molecular complexity index is 1430. The van der Waals surface area contributed by atoms with Gasteiger partial charge in [0.05, 0.1) is 17.3 Å². The van der Waals surface area contributed by atoms with Gasteiger partial charge in [-0.05, 0) is 78.1 Å². The standard InChI is InChI=1S/C31H26ClN3O/c32-21-8-4-7-20(19-21)29-26-12-5-11-25(26)27-13-6-14-28(30(27)35-29)31(36)34-24-17-15-23(16-18-24)33-22-9-2-1-3-10-22/h1-11,13-19,25-26,29,33,35H,12H2,(H,34,36). The maximum absolute atomic E-state index is 13.4. The van der Waals surface area contributed by atoms with E-state index in [1.54, 1.807) is 0 Å². The molecule has 0 saturated heterocycles. The highest BCUT2D eigenvalue weighted by Crippen LogP contribution is 2.50. The Morgan fingerprint density at radius 3 is 2.39 bits per heavy atom. The zero-order valence-electron chi connectivity index (χ0n) is 19.6. The molecule has 0 radical (unpaired) electrons. The van der Waals surface area contributed by atoms with Crippen LogP contribution in [0.3, 0.4) is 0 Å². The molecule has 1 aliphatic heterocycles. The van der Waals surface area contributed by atoms with Crippen molar-refractivity contribution in [1.29, 1.82) is 0 Å². The lowest BCUT2D eigenvalue weighted by molar-refractivity contribution is 0.102. The van der Waals surface area contributed by atoms with Crippen LogP contribution in [-0.2, 0) is 0 Å². The normalized spacial score (nSPS) is 19.6.